The standard InChI is InChI=1S/C38H37Cl2N3O8S/c1-2-43(29-18-14-26(15-19-29)38(48)49)52(50,51)30-5-3-4-27(20-30)35(44)42-34-22-33(40)32(39)21-31(34)36(45)41-28-16-10-24(11-17-28)7-6-23-8-12-25(13-9-23)37(46)47/h3-5,8-13,16-17,20-22,26,29H,2,6-7,14-15,18-19H2,1H3,(H,41,45)(H,42,44)(H,46,47)(H,48,49). The van der Waals surface area contributed by atoms with Crippen molar-refractivity contribution in [1.82, 2.24) is 4.31 Å². The number of carboxylic acid groups (broad SMARTS) is 2. The zero-order chi connectivity index (χ0) is 37.6. The summed E-state index contributed by atoms with van der Waals surface area (Å²) in [4.78, 5) is 49.4. The van der Waals surface area contributed by atoms with Crippen LogP contribution in [0, 0.1) is 5.92 Å². The number of aryl methyl sites for hydroxylation is 2. The van der Waals surface area contributed by atoms with Crippen LogP contribution in [0.15, 0.2) is 89.8 Å². The number of hydrogen-bond donors (Lipinski definition) is 4. The highest BCUT2D eigenvalue weighted by Gasteiger charge is 2.35. The normalized spacial score (nSPS) is 15.9. The Bertz CT molecular complexity index is 2080. The number of aliphatic carboxylic acids is 1. The van der Waals surface area contributed by atoms with Crippen molar-refractivity contribution in [3.63, 3.8) is 0 Å². The lowest BCUT2D eigenvalue weighted by molar-refractivity contribution is -0.143. The molecule has 0 heterocycles. The van der Waals surface area contributed by atoms with Crippen molar-refractivity contribution >= 4 is 68.4 Å². The number of nitrogens with one attached hydrogen (secondary N) is 2. The molecule has 1 aliphatic carbocycles. The Kier molecular flexibility index (Phi) is 12.4. The smallest absolute Gasteiger partial charge is 0.335 e. The Labute approximate surface area is 311 Å². The molecule has 0 bridgehead atoms. The Balaban J connectivity index is 1.27. The first kappa shape index (κ1) is 38.5. The summed E-state index contributed by atoms with van der Waals surface area (Å²) in [5.41, 5.74) is 2.80. The van der Waals surface area contributed by atoms with Crippen LogP contribution in [0.4, 0.5) is 11.4 Å². The number of rotatable bonds is 13. The second kappa shape index (κ2) is 16.7. The molecule has 0 unspecified atom stereocenters. The summed E-state index contributed by atoms with van der Waals surface area (Å²) >= 11 is 12.5. The van der Waals surface area contributed by atoms with Gasteiger partial charge in [0.05, 0.1) is 37.7 Å². The second-order valence-electron chi connectivity index (χ2n) is 12.5. The topological polar surface area (TPSA) is 170 Å². The first-order chi connectivity index (χ1) is 24.8. The summed E-state index contributed by atoms with van der Waals surface area (Å²) < 4.78 is 28.8. The maximum absolute atomic E-state index is 13.7. The predicted molar refractivity (Wildman–Crippen MR) is 199 cm³/mol. The summed E-state index contributed by atoms with van der Waals surface area (Å²) in [6.07, 6.45) is 2.99. The van der Waals surface area contributed by atoms with Crippen molar-refractivity contribution in [2.24, 2.45) is 5.92 Å². The molecule has 52 heavy (non-hydrogen) atoms. The minimum absolute atomic E-state index is 0.0227. The van der Waals surface area contributed by atoms with Crippen LogP contribution in [-0.2, 0) is 27.7 Å². The van der Waals surface area contributed by atoms with Gasteiger partial charge in [0.1, 0.15) is 0 Å². The van der Waals surface area contributed by atoms with Crippen LogP contribution in [0.5, 0.6) is 0 Å². The monoisotopic (exact) mass is 765 g/mol. The Morgan fingerprint density at radius 2 is 1.35 bits per heavy atom. The van der Waals surface area contributed by atoms with Crippen molar-refractivity contribution in [1.29, 1.82) is 0 Å². The van der Waals surface area contributed by atoms with E-state index >= 15 is 0 Å². The molecular formula is C38H37Cl2N3O8S. The van der Waals surface area contributed by atoms with Crippen molar-refractivity contribution in [3.05, 3.63) is 123 Å². The van der Waals surface area contributed by atoms with E-state index in [9.17, 15) is 32.7 Å². The number of carboxylic acids is 2. The first-order valence-corrected chi connectivity index (χ1v) is 18.8. The highest BCUT2D eigenvalue weighted by atomic mass is 35.5. The maximum atomic E-state index is 13.7. The molecule has 0 aliphatic heterocycles. The number of hydrogen-bond acceptors (Lipinski definition) is 6. The highest BCUT2D eigenvalue weighted by molar-refractivity contribution is 7.89. The molecule has 0 saturated heterocycles. The number of anilines is 2. The molecule has 0 aromatic heterocycles. The maximum Gasteiger partial charge on any atom is 0.335 e. The Hall–Kier alpha value is -4.75. The van der Waals surface area contributed by atoms with Crippen molar-refractivity contribution in [3.8, 4) is 0 Å². The lowest BCUT2D eigenvalue weighted by Crippen LogP contribution is -2.42. The number of halogens is 2. The number of carbonyl (C=O) groups is 4. The third kappa shape index (κ3) is 9.18. The van der Waals surface area contributed by atoms with E-state index in [1.807, 2.05) is 12.1 Å². The highest BCUT2D eigenvalue weighted by Crippen LogP contribution is 2.33. The van der Waals surface area contributed by atoms with Gasteiger partial charge in [-0.15, -0.1) is 0 Å². The molecule has 4 N–H and O–H groups in total. The molecule has 2 amide bonds. The van der Waals surface area contributed by atoms with Gasteiger partial charge in [-0.05, 0) is 104 Å². The van der Waals surface area contributed by atoms with Gasteiger partial charge in [-0.3, -0.25) is 14.4 Å². The minimum atomic E-state index is -4.03. The average Bonchev–Trinajstić information content (AvgIpc) is 3.13. The number of carbonyl (C=O) groups excluding carboxylic acids is 2. The van der Waals surface area contributed by atoms with Gasteiger partial charge < -0.3 is 20.8 Å². The molecule has 1 aliphatic rings. The zero-order valence-electron chi connectivity index (χ0n) is 28.1. The third-order valence-corrected chi connectivity index (χ3v) is 11.9. The van der Waals surface area contributed by atoms with Gasteiger partial charge in [-0.2, -0.15) is 4.31 Å². The van der Waals surface area contributed by atoms with E-state index in [1.165, 1.54) is 40.7 Å². The molecule has 14 heteroatoms. The number of aromatic carboxylic acids is 1. The van der Waals surface area contributed by atoms with Crippen LogP contribution in [0.3, 0.4) is 0 Å². The van der Waals surface area contributed by atoms with Gasteiger partial charge in [0.2, 0.25) is 10.0 Å². The largest absolute Gasteiger partial charge is 0.481 e. The lowest BCUT2D eigenvalue weighted by atomic mass is 9.86. The molecule has 272 valence electrons. The van der Waals surface area contributed by atoms with Crippen LogP contribution in [0.2, 0.25) is 10.0 Å². The molecule has 0 atom stereocenters. The van der Waals surface area contributed by atoms with Crippen LogP contribution < -0.4 is 10.6 Å². The van der Waals surface area contributed by atoms with Crippen molar-refractivity contribution < 1.29 is 37.8 Å². The zero-order valence-corrected chi connectivity index (χ0v) is 30.5. The van der Waals surface area contributed by atoms with E-state index in [-0.39, 0.29) is 49.9 Å². The Morgan fingerprint density at radius 3 is 1.92 bits per heavy atom. The summed E-state index contributed by atoms with van der Waals surface area (Å²) in [5, 5.41) is 24.1. The van der Waals surface area contributed by atoms with Gasteiger partial charge in [-0.1, -0.05) is 60.5 Å². The number of sulfonamides is 1. The fraction of sp³-hybridized carbons (Fsp3) is 0.263. The third-order valence-electron chi connectivity index (χ3n) is 9.14. The Morgan fingerprint density at radius 1 is 0.750 bits per heavy atom. The van der Waals surface area contributed by atoms with Gasteiger partial charge in [-0.25, -0.2) is 13.2 Å². The van der Waals surface area contributed by atoms with E-state index in [0.29, 0.717) is 44.2 Å². The number of benzene rings is 4. The first-order valence-electron chi connectivity index (χ1n) is 16.6. The van der Waals surface area contributed by atoms with Crippen LogP contribution in [-0.4, -0.2) is 59.3 Å². The van der Waals surface area contributed by atoms with E-state index < -0.39 is 39.7 Å². The lowest BCUT2D eigenvalue weighted by Gasteiger charge is -2.34. The molecule has 4 aromatic rings. The summed E-state index contributed by atoms with van der Waals surface area (Å²) in [6.45, 7) is 1.89. The molecule has 0 radical (unpaired) electrons. The van der Waals surface area contributed by atoms with Crippen LogP contribution >= 0.6 is 23.2 Å². The van der Waals surface area contributed by atoms with Gasteiger partial charge in [0, 0.05) is 23.8 Å². The molecule has 1 saturated carbocycles. The number of nitrogens with zero attached hydrogens (tertiary/aromatic N) is 1. The van der Waals surface area contributed by atoms with E-state index in [0.717, 1.165) is 11.1 Å². The van der Waals surface area contributed by atoms with E-state index in [2.05, 4.69) is 10.6 Å². The minimum Gasteiger partial charge on any atom is -0.481 e. The van der Waals surface area contributed by atoms with Crippen molar-refractivity contribution in [2.45, 2.75) is 56.4 Å². The molecule has 5 rings (SSSR count). The van der Waals surface area contributed by atoms with Crippen molar-refractivity contribution in [2.75, 3.05) is 17.2 Å². The summed E-state index contributed by atoms with van der Waals surface area (Å²) in [6, 6.07) is 21.8. The predicted octanol–water partition coefficient (Wildman–Crippen LogP) is 7.64. The molecule has 0 spiro atoms. The van der Waals surface area contributed by atoms with Gasteiger partial charge in [0.25, 0.3) is 11.8 Å². The SMILES string of the molecule is CCN(C1CCC(C(=O)O)CC1)S(=O)(=O)c1cccc(C(=O)Nc2cc(Cl)c(Cl)cc2C(=O)Nc2ccc(CCc3ccc(C(=O)O)cc3)cc2)c1. The molecule has 1 fully saturated rings. The van der Waals surface area contributed by atoms with Gasteiger partial charge >= 0.3 is 11.9 Å². The number of amides is 2. The molecule has 4 aromatic carbocycles. The summed E-state index contributed by atoms with van der Waals surface area (Å²) in [7, 11) is -4.03. The van der Waals surface area contributed by atoms with Crippen LogP contribution in [0.1, 0.15) is 74.8 Å². The molecular weight excluding hydrogens is 729 g/mol. The molecule has 11 nitrogen and oxygen atoms in total. The quantitative estimate of drug-likeness (QED) is 0.108. The van der Waals surface area contributed by atoms with Gasteiger partial charge in [0.15, 0.2) is 0 Å². The van der Waals surface area contributed by atoms with Crippen LogP contribution in [0.25, 0.3) is 0 Å². The van der Waals surface area contributed by atoms with E-state index in [1.54, 1.807) is 43.3 Å². The fourth-order valence-electron chi connectivity index (χ4n) is 6.26. The summed E-state index contributed by atoms with van der Waals surface area (Å²) in [5.74, 6) is -3.61. The fourth-order valence-corrected chi connectivity index (χ4v) is 8.32. The average molecular weight is 767 g/mol. The second-order valence-corrected chi connectivity index (χ2v) is 15.2. The van der Waals surface area contributed by atoms with E-state index in [4.69, 9.17) is 28.3 Å².